The van der Waals surface area contributed by atoms with Gasteiger partial charge in [-0.1, -0.05) is 34.6 Å². The summed E-state index contributed by atoms with van der Waals surface area (Å²) in [6.45, 7) is 8.51. The molecule has 0 aromatic heterocycles. The van der Waals surface area contributed by atoms with Crippen molar-refractivity contribution in [3.8, 4) is 0 Å². The molecule has 10 heteroatoms. The zero-order valence-electron chi connectivity index (χ0n) is 15.4. The smallest absolute Gasteiger partial charge is 0.379 e. The second-order valence-corrected chi connectivity index (χ2v) is 8.62. The Morgan fingerprint density at radius 1 is 1.16 bits per heavy atom. The van der Waals surface area contributed by atoms with Crippen molar-refractivity contribution >= 4 is 28.0 Å². The predicted octanol–water partition coefficient (Wildman–Crippen LogP) is 0.885. The molecule has 0 saturated heterocycles. The minimum atomic E-state index is -4.35. The largest absolute Gasteiger partial charge is 0.476 e. The summed E-state index contributed by atoms with van der Waals surface area (Å²) in [5.74, 6) is -6.85. The van der Waals surface area contributed by atoms with Crippen molar-refractivity contribution < 1.29 is 36.8 Å². The van der Waals surface area contributed by atoms with Crippen molar-refractivity contribution in [3.05, 3.63) is 0 Å². The van der Waals surface area contributed by atoms with Crippen molar-refractivity contribution in [1.29, 1.82) is 0 Å². The Hall–Kier alpha value is -1.68. The number of hydrogen-bond acceptors (Lipinski definition) is 7. The summed E-state index contributed by atoms with van der Waals surface area (Å²) in [7, 11) is -4.35. The van der Waals surface area contributed by atoms with Gasteiger partial charge in [-0.05, 0) is 6.42 Å². The number of ether oxygens (including phenoxy) is 1. The van der Waals surface area contributed by atoms with Gasteiger partial charge in [-0.15, -0.1) is 0 Å². The highest BCUT2D eigenvalue weighted by Crippen LogP contribution is 2.37. The third-order valence-electron chi connectivity index (χ3n) is 3.17. The van der Waals surface area contributed by atoms with Gasteiger partial charge in [-0.2, -0.15) is 8.42 Å². The number of carboxylic acids is 1. The number of amides is 1. The molecule has 1 atom stereocenters. The number of rotatable bonds is 9. The molecule has 2 N–H and O–H groups in total. The lowest BCUT2D eigenvalue weighted by molar-refractivity contribution is -0.243. The number of esters is 1. The molecule has 0 aliphatic rings. The van der Waals surface area contributed by atoms with E-state index in [1.165, 1.54) is 41.5 Å². The number of carbonyl (C=O) groups excluding carboxylic acids is 2. The van der Waals surface area contributed by atoms with E-state index in [0.29, 0.717) is 0 Å². The second kappa shape index (κ2) is 8.61. The van der Waals surface area contributed by atoms with Crippen LogP contribution in [0.15, 0.2) is 0 Å². The fourth-order valence-electron chi connectivity index (χ4n) is 1.69. The van der Waals surface area contributed by atoms with Gasteiger partial charge in [-0.25, -0.2) is 8.98 Å². The molecule has 0 aromatic rings. The molecule has 9 nitrogen and oxygen atoms in total. The SMILES string of the molecule is CC(=O)NCCCS(=O)(=O)O[C@@](OC(=O)C(C)C)(C(=O)O)C(C)(C)C. The van der Waals surface area contributed by atoms with Gasteiger partial charge in [0.1, 0.15) is 0 Å². The van der Waals surface area contributed by atoms with Gasteiger partial charge >= 0.3 is 17.7 Å². The van der Waals surface area contributed by atoms with Crippen molar-refractivity contribution in [1.82, 2.24) is 5.32 Å². The van der Waals surface area contributed by atoms with Gasteiger partial charge < -0.3 is 15.2 Å². The zero-order valence-corrected chi connectivity index (χ0v) is 16.2. The van der Waals surface area contributed by atoms with E-state index < -0.39 is 44.9 Å². The van der Waals surface area contributed by atoms with Crippen molar-refractivity contribution in [2.45, 2.75) is 53.8 Å². The van der Waals surface area contributed by atoms with Crippen LogP contribution < -0.4 is 5.32 Å². The van der Waals surface area contributed by atoms with E-state index >= 15 is 0 Å². The molecular formula is C15H27NO8S. The predicted molar refractivity (Wildman–Crippen MR) is 88.9 cm³/mol. The van der Waals surface area contributed by atoms with Crippen LogP contribution in [0.4, 0.5) is 0 Å². The molecule has 1 amide bonds. The van der Waals surface area contributed by atoms with Crippen LogP contribution in [0.5, 0.6) is 0 Å². The van der Waals surface area contributed by atoms with E-state index in [1.54, 1.807) is 0 Å². The Kier molecular flexibility index (Phi) is 8.03. The number of carboxylic acid groups (broad SMARTS) is 1. The zero-order chi connectivity index (χ0) is 20.1. The first-order chi connectivity index (χ1) is 11.1. The first-order valence-corrected chi connectivity index (χ1v) is 9.36. The molecule has 0 spiro atoms. The average Bonchev–Trinajstić information content (AvgIpc) is 2.40. The highest BCUT2D eigenvalue weighted by Gasteiger charge is 2.57. The molecule has 0 aromatic carbocycles. The molecular weight excluding hydrogens is 354 g/mol. The first-order valence-electron chi connectivity index (χ1n) is 7.78. The topological polar surface area (TPSA) is 136 Å². The van der Waals surface area contributed by atoms with Crippen LogP contribution >= 0.6 is 0 Å². The minimum absolute atomic E-state index is 0.0138. The standard InChI is InChI=1S/C15H27NO8S/c1-10(2)12(18)23-15(13(19)20,14(4,5)6)24-25(21,22)9-7-8-16-11(3)17/h10H,7-9H2,1-6H3,(H,16,17)(H,19,20)/t15-/m0/s1. The summed E-state index contributed by atoms with van der Waals surface area (Å²) in [4.78, 5) is 34.5. The average molecular weight is 381 g/mol. The summed E-state index contributed by atoms with van der Waals surface area (Å²) in [6.07, 6.45) is 0.0138. The maximum Gasteiger partial charge on any atom is 0.379 e. The van der Waals surface area contributed by atoms with Crippen LogP contribution in [0.2, 0.25) is 0 Å². The van der Waals surface area contributed by atoms with Crippen LogP contribution in [-0.2, 0) is 33.4 Å². The second-order valence-electron chi connectivity index (χ2n) is 6.93. The molecule has 0 fully saturated rings. The molecule has 0 aliphatic carbocycles. The molecule has 0 aliphatic heterocycles. The number of nitrogens with one attached hydrogen (secondary N) is 1. The van der Waals surface area contributed by atoms with E-state index in [0.717, 1.165) is 0 Å². The van der Waals surface area contributed by atoms with Crippen molar-refractivity contribution in [2.75, 3.05) is 12.3 Å². The van der Waals surface area contributed by atoms with Crippen LogP contribution in [0.1, 0.15) is 48.0 Å². The van der Waals surface area contributed by atoms with Crippen molar-refractivity contribution in [3.63, 3.8) is 0 Å². The molecule has 25 heavy (non-hydrogen) atoms. The van der Waals surface area contributed by atoms with E-state index in [9.17, 15) is 27.9 Å². The first kappa shape index (κ1) is 23.3. The van der Waals surface area contributed by atoms with Gasteiger partial charge in [0, 0.05) is 18.9 Å². The Morgan fingerprint density at radius 2 is 1.68 bits per heavy atom. The Morgan fingerprint density at radius 3 is 2.04 bits per heavy atom. The normalized spacial score (nSPS) is 14.7. The molecule has 0 rings (SSSR count). The monoisotopic (exact) mass is 381 g/mol. The lowest BCUT2D eigenvalue weighted by Crippen LogP contribution is -2.57. The molecule has 0 unspecified atom stereocenters. The molecule has 0 bridgehead atoms. The van der Waals surface area contributed by atoms with E-state index in [-0.39, 0.29) is 18.9 Å². The maximum absolute atomic E-state index is 12.2. The van der Waals surface area contributed by atoms with Crippen molar-refractivity contribution in [2.24, 2.45) is 11.3 Å². The van der Waals surface area contributed by atoms with Crippen LogP contribution in [0.3, 0.4) is 0 Å². The van der Waals surface area contributed by atoms with Gasteiger partial charge in [0.05, 0.1) is 11.7 Å². The van der Waals surface area contributed by atoms with Crippen LogP contribution in [0, 0.1) is 11.3 Å². The lowest BCUT2D eigenvalue weighted by Gasteiger charge is -2.38. The highest BCUT2D eigenvalue weighted by atomic mass is 32.2. The fraction of sp³-hybridized carbons (Fsp3) is 0.800. The third-order valence-corrected chi connectivity index (χ3v) is 4.45. The van der Waals surface area contributed by atoms with Gasteiger partial charge in [0.15, 0.2) is 0 Å². The number of hydrogen-bond donors (Lipinski definition) is 2. The van der Waals surface area contributed by atoms with Gasteiger partial charge in [-0.3, -0.25) is 9.59 Å². The third kappa shape index (κ3) is 6.99. The summed E-state index contributed by atoms with van der Waals surface area (Å²) in [5, 5.41) is 12.0. The summed E-state index contributed by atoms with van der Waals surface area (Å²) >= 11 is 0. The molecule has 146 valence electrons. The van der Waals surface area contributed by atoms with Crippen LogP contribution in [0.25, 0.3) is 0 Å². The van der Waals surface area contributed by atoms with E-state index in [4.69, 9.17) is 8.92 Å². The molecule has 0 heterocycles. The Labute approximate surface area is 148 Å². The quantitative estimate of drug-likeness (QED) is 0.260. The summed E-state index contributed by atoms with van der Waals surface area (Å²) in [6, 6.07) is 0. The molecule has 0 saturated carbocycles. The number of carbonyl (C=O) groups is 3. The molecule has 0 radical (unpaired) electrons. The lowest BCUT2D eigenvalue weighted by atomic mass is 9.85. The van der Waals surface area contributed by atoms with Gasteiger partial charge in [0.2, 0.25) is 5.91 Å². The summed E-state index contributed by atoms with van der Waals surface area (Å²) in [5.41, 5.74) is -1.37. The van der Waals surface area contributed by atoms with Crippen LogP contribution in [-0.4, -0.2) is 49.5 Å². The maximum atomic E-state index is 12.2. The Balaban J connectivity index is 5.51. The minimum Gasteiger partial charge on any atom is -0.476 e. The van der Waals surface area contributed by atoms with E-state index in [1.807, 2.05) is 0 Å². The Bertz CT molecular complexity index is 606. The fourth-order valence-corrected chi connectivity index (χ4v) is 2.98. The highest BCUT2D eigenvalue weighted by molar-refractivity contribution is 7.86. The summed E-state index contributed by atoms with van der Waals surface area (Å²) < 4.78 is 34.3. The van der Waals surface area contributed by atoms with E-state index in [2.05, 4.69) is 5.32 Å². The van der Waals surface area contributed by atoms with Gasteiger partial charge in [0.25, 0.3) is 10.1 Å². The number of aliphatic carboxylic acids is 1.